The van der Waals surface area contributed by atoms with Crippen molar-refractivity contribution in [1.29, 1.82) is 0 Å². The number of furan rings is 1. The van der Waals surface area contributed by atoms with Gasteiger partial charge in [0.2, 0.25) is 0 Å². The summed E-state index contributed by atoms with van der Waals surface area (Å²) in [5, 5.41) is 4.19. The van der Waals surface area contributed by atoms with Crippen LogP contribution in [-0.2, 0) is 6.54 Å². The van der Waals surface area contributed by atoms with E-state index in [0.29, 0.717) is 23.9 Å². The molecule has 4 rings (SSSR count). The number of rotatable bonds is 5. The van der Waals surface area contributed by atoms with Gasteiger partial charge in [-0.05, 0) is 37.1 Å². The number of nitrogens with one attached hydrogen (secondary N) is 1. The predicted molar refractivity (Wildman–Crippen MR) is 88.0 cm³/mol. The van der Waals surface area contributed by atoms with E-state index in [-0.39, 0.29) is 5.82 Å². The summed E-state index contributed by atoms with van der Waals surface area (Å²) in [6, 6.07) is 13.1. The zero-order chi connectivity index (χ0) is 15.8. The van der Waals surface area contributed by atoms with Gasteiger partial charge in [-0.3, -0.25) is 0 Å². The molecule has 1 aromatic heterocycles. The predicted octanol–water partition coefficient (Wildman–Crippen LogP) is 4.50. The molecular weight excluding hydrogens is 293 g/mol. The van der Waals surface area contributed by atoms with Gasteiger partial charge in [-0.15, -0.1) is 0 Å². The quantitative estimate of drug-likeness (QED) is 0.753. The van der Waals surface area contributed by atoms with E-state index in [1.807, 2.05) is 30.3 Å². The molecular formula is C19H18FNO2. The van der Waals surface area contributed by atoms with Gasteiger partial charge >= 0.3 is 0 Å². The van der Waals surface area contributed by atoms with Gasteiger partial charge in [-0.25, -0.2) is 4.39 Å². The molecule has 0 atom stereocenters. The molecule has 0 spiro atoms. The Hall–Kier alpha value is -2.33. The van der Waals surface area contributed by atoms with Crippen molar-refractivity contribution in [3.63, 3.8) is 0 Å². The fourth-order valence-electron chi connectivity index (χ4n) is 2.86. The van der Waals surface area contributed by atoms with E-state index >= 15 is 0 Å². The second kappa shape index (κ2) is 5.70. The molecule has 1 aliphatic rings. The summed E-state index contributed by atoms with van der Waals surface area (Å²) in [5.41, 5.74) is 2.24. The van der Waals surface area contributed by atoms with Crippen LogP contribution in [0.1, 0.15) is 18.6 Å². The first kappa shape index (κ1) is 14.3. The van der Waals surface area contributed by atoms with E-state index in [1.54, 1.807) is 7.11 Å². The van der Waals surface area contributed by atoms with Gasteiger partial charge in [0.25, 0.3) is 0 Å². The minimum absolute atomic E-state index is 0.277. The third kappa shape index (κ3) is 2.82. The van der Waals surface area contributed by atoms with E-state index in [1.165, 1.54) is 25.0 Å². The summed E-state index contributed by atoms with van der Waals surface area (Å²) < 4.78 is 25.5. The van der Waals surface area contributed by atoms with Crippen molar-refractivity contribution in [2.75, 3.05) is 7.11 Å². The molecule has 0 unspecified atom stereocenters. The van der Waals surface area contributed by atoms with Crippen LogP contribution in [0.4, 0.5) is 4.39 Å². The number of para-hydroxylation sites is 1. The minimum Gasteiger partial charge on any atom is -0.496 e. The summed E-state index contributed by atoms with van der Waals surface area (Å²) in [6.07, 6.45) is 2.45. The van der Waals surface area contributed by atoms with Crippen molar-refractivity contribution >= 4 is 11.0 Å². The van der Waals surface area contributed by atoms with Gasteiger partial charge in [0.05, 0.1) is 13.7 Å². The highest BCUT2D eigenvalue weighted by atomic mass is 19.1. The van der Waals surface area contributed by atoms with E-state index in [9.17, 15) is 4.39 Å². The number of benzene rings is 2. The highest BCUT2D eigenvalue weighted by Crippen LogP contribution is 2.37. The Bertz CT molecular complexity index is 852. The maximum Gasteiger partial charge on any atom is 0.142 e. The third-order valence-electron chi connectivity index (χ3n) is 4.17. The molecule has 1 fully saturated rings. The molecule has 0 radical (unpaired) electrons. The minimum atomic E-state index is -0.277. The first-order valence-electron chi connectivity index (χ1n) is 7.83. The molecule has 3 aromatic rings. The number of fused-ring (bicyclic) bond motifs is 1. The second-order valence-corrected chi connectivity index (χ2v) is 5.94. The third-order valence-corrected chi connectivity index (χ3v) is 4.17. The highest BCUT2D eigenvalue weighted by Gasteiger charge is 2.21. The highest BCUT2D eigenvalue weighted by molar-refractivity contribution is 5.94. The Balaban J connectivity index is 1.81. The lowest BCUT2D eigenvalue weighted by Gasteiger charge is -2.09. The van der Waals surface area contributed by atoms with E-state index in [4.69, 9.17) is 9.15 Å². The van der Waals surface area contributed by atoms with E-state index in [0.717, 1.165) is 22.3 Å². The fourth-order valence-corrected chi connectivity index (χ4v) is 2.86. The lowest BCUT2D eigenvalue weighted by atomic mass is 10.0. The summed E-state index contributed by atoms with van der Waals surface area (Å²) in [4.78, 5) is 0. The molecule has 1 saturated carbocycles. The van der Waals surface area contributed by atoms with Gasteiger partial charge in [-0.1, -0.05) is 18.2 Å². The van der Waals surface area contributed by atoms with Crippen molar-refractivity contribution in [1.82, 2.24) is 5.32 Å². The van der Waals surface area contributed by atoms with Crippen molar-refractivity contribution in [3.05, 3.63) is 54.0 Å². The monoisotopic (exact) mass is 311 g/mol. The van der Waals surface area contributed by atoms with Crippen LogP contribution in [0.15, 0.2) is 46.9 Å². The Labute approximate surface area is 134 Å². The topological polar surface area (TPSA) is 34.4 Å². The largest absolute Gasteiger partial charge is 0.496 e. The molecule has 23 heavy (non-hydrogen) atoms. The lowest BCUT2D eigenvalue weighted by molar-refractivity contribution is 0.416. The first-order chi connectivity index (χ1) is 11.2. The second-order valence-electron chi connectivity index (χ2n) is 5.94. The zero-order valence-electron chi connectivity index (χ0n) is 12.9. The van der Waals surface area contributed by atoms with Crippen LogP contribution in [-0.4, -0.2) is 13.2 Å². The number of methoxy groups -OCH3 is 1. The van der Waals surface area contributed by atoms with E-state index in [2.05, 4.69) is 5.32 Å². The summed E-state index contributed by atoms with van der Waals surface area (Å²) in [5.74, 6) is 1.25. The SMILES string of the molecule is COc1ccccc1-c1cc(F)cc2cc(CNC3CC3)oc12. The van der Waals surface area contributed by atoms with Gasteiger partial charge in [0.15, 0.2) is 0 Å². The molecule has 0 amide bonds. The maximum atomic E-state index is 14.1. The summed E-state index contributed by atoms with van der Waals surface area (Å²) >= 11 is 0. The molecule has 0 aliphatic heterocycles. The number of hydrogen-bond donors (Lipinski definition) is 1. The van der Waals surface area contributed by atoms with Crippen LogP contribution in [0.5, 0.6) is 5.75 Å². The fraction of sp³-hybridized carbons (Fsp3) is 0.263. The molecule has 0 bridgehead atoms. The van der Waals surface area contributed by atoms with Crippen LogP contribution in [0.3, 0.4) is 0 Å². The summed E-state index contributed by atoms with van der Waals surface area (Å²) in [7, 11) is 1.61. The number of ether oxygens (including phenoxy) is 1. The van der Waals surface area contributed by atoms with Crippen molar-refractivity contribution in [3.8, 4) is 16.9 Å². The molecule has 3 nitrogen and oxygen atoms in total. The number of halogens is 1. The Morgan fingerprint density at radius 2 is 2.00 bits per heavy atom. The van der Waals surface area contributed by atoms with Crippen molar-refractivity contribution in [2.24, 2.45) is 0 Å². The molecule has 2 aromatic carbocycles. The molecule has 1 aliphatic carbocycles. The number of hydrogen-bond acceptors (Lipinski definition) is 3. The standard InChI is InChI=1S/C19H18FNO2/c1-22-18-5-3-2-4-16(18)17-10-13(20)8-12-9-15(23-19(12)17)11-21-14-6-7-14/h2-5,8-10,14,21H,6-7,11H2,1H3. The normalized spacial score (nSPS) is 14.3. The van der Waals surface area contributed by atoms with Crippen LogP contribution in [0, 0.1) is 5.82 Å². The van der Waals surface area contributed by atoms with Gasteiger partial charge in [0, 0.05) is 22.6 Å². The Morgan fingerprint density at radius 1 is 1.17 bits per heavy atom. The zero-order valence-corrected chi connectivity index (χ0v) is 12.9. The Morgan fingerprint density at radius 3 is 2.78 bits per heavy atom. The summed E-state index contributed by atoms with van der Waals surface area (Å²) in [6.45, 7) is 0.673. The smallest absolute Gasteiger partial charge is 0.142 e. The molecule has 0 saturated heterocycles. The lowest BCUT2D eigenvalue weighted by Crippen LogP contribution is -2.14. The van der Waals surface area contributed by atoms with Gasteiger partial charge in [0.1, 0.15) is 22.9 Å². The van der Waals surface area contributed by atoms with Crippen molar-refractivity contribution < 1.29 is 13.5 Å². The average molecular weight is 311 g/mol. The van der Waals surface area contributed by atoms with Gasteiger partial charge in [-0.2, -0.15) is 0 Å². The first-order valence-corrected chi connectivity index (χ1v) is 7.83. The Kier molecular flexibility index (Phi) is 3.54. The van der Waals surface area contributed by atoms with Crippen LogP contribution >= 0.6 is 0 Å². The van der Waals surface area contributed by atoms with E-state index < -0.39 is 0 Å². The molecule has 118 valence electrons. The molecule has 1 N–H and O–H groups in total. The van der Waals surface area contributed by atoms with Gasteiger partial charge < -0.3 is 14.5 Å². The van der Waals surface area contributed by atoms with Crippen LogP contribution in [0.25, 0.3) is 22.1 Å². The van der Waals surface area contributed by atoms with Crippen molar-refractivity contribution in [2.45, 2.75) is 25.4 Å². The maximum absolute atomic E-state index is 14.1. The van der Waals surface area contributed by atoms with Crippen LogP contribution < -0.4 is 10.1 Å². The molecule has 4 heteroatoms. The van der Waals surface area contributed by atoms with Crippen LogP contribution in [0.2, 0.25) is 0 Å². The average Bonchev–Trinajstić information content (AvgIpc) is 3.31. The molecule has 1 heterocycles.